The molecule has 1 fully saturated rings. The summed E-state index contributed by atoms with van der Waals surface area (Å²) in [5.41, 5.74) is 6.01. The second kappa shape index (κ2) is 8.56. The number of hydrogen-bond donors (Lipinski definition) is 2. The number of anilines is 2. The van der Waals surface area contributed by atoms with E-state index in [0.717, 1.165) is 31.7 Å². The first kappa shape index (κ1) is 23.2. The van der Waals surface area contributed by atoms with Crippen LogP contribution in [0.2, 0.25) is 0 Å². The number of rotatable bonds is 5. The van der Waals surface area contributed by atoms with Crippen molar-refractivity contribution in [1.82, 2.24) is 14.5 Å². The minimum absolute atomic E-state index is 0.144. The standard InChI is InChI=1S/C24H22F3N5O2S/c25-24(26,27)19-11-10-15(12-20(19)31-35(33,34)17-8-2-1-3-9-17)18-13-32(16-6-4-5-7-16)23-21(18)22(28)29-14-30-23/h1-3,8-14,16,31H,4-7H2,(H2,28,29,30). The van der Waals surface area contributed by atoms with Crippen molar-refractivity contribution in [3.05, 3.63) is 66.6 Å². The van der Waals surface area contributed by atoms with Crippen molar-refractivity contribution in [1.29, 1.82) is 0 Å². The summed E-state index contributed by atoms with van der Waals surface area (Å²) < 4.78 is 71.3. The Morgan fingerprint density at radius 1 is 1.03 bits per heavy atom. The molecule has 7 nitrogen and oxygen atoms in total. The monoisotopic (exact) mass is 501 g/mol. The smallest absolute Gasteiger partial charge is 0.383 e. The molecule has 2 heterocycles. The van der Waals surface area contributed by atoms with E-state index in [0.29, 0.717) is 22.2 Å². The number of sulfonamides is 1. The molecule has 0 radical (unpaired) electrons. The molecule has 0 atom stereocenters. The summed E-state index contributed by atoms with van der Waals surface area (Å²) in [6.45, 7) is 0. The van der Waals surface area contributed by atoms with Crippen molar-refractivity contribution >= 4 is 32.6 Å². The zero-order valence-electron chi connectivity index (χ0n) is 18.5. The molecule has 1 aliphatic carbocycles. The van der Waals surface area contributed by atoms with E-state index >= 15 is 0 Å². The molecule has 35 heavy (non-hydrogen) atoms. The van der Waals surface area contributed by atoms with Crippen LogP contribution in [0.3, 0.4) is 0 Å². The second-order valence-electron chi connectivity index (χ2n) is 8.52. The van der Waals surface area contributed by atoms with Gasteiger partial charge in [0.25, 0.3) is 10.0 Å². The Balaban J connectivity index is 1.67. The van der Waals surface area contributed by atoms with Gasteiger partial charge in [-0.3, -0.25) is 4.72 Å². The van der Waals surface area contributed by atoms with Crippen LogP contribution in [-0.4, -0.2) is 23.0 Å². The Kier molecular flexibility index (Phi) is 5.66. The number of alkyl halides is 3. The van der Waals surface area contributed by atoms with E-state index in [4.69, 9.17) is 5.73 Å². The van der Waals surface area contributed by atoms with Gasteiger partial charge in [0.15, 0.2) is 0 Å². The zero-order chi connectivity index (χ0) is 24.8. The van der Waals surface area contributed by atoms with E-state index < -0.39 is 27.5 Å². The fourth-order valence-corrected chi connectivity index (χ4v) is 5.73. The van der Waals surface area contributed by atoms with Crippen LogP contribution in [0.25, 0.3) is 22.2 Å². The van der Waals surface area contributed by atoms with Gasteiger partial charge in [0, 0.05) is 17.8 Å². The summed E-state index contributed by atoms with van der Waals surface area (Å²) in [6.07, 6.45) is 2.48. The fraction of sp³-hybridized carbons (Fsp3) is 0.250. The highest BCUT2D eigenvalue weighted by Gasteiger charge is 2.35. The number of hydrogen-bond acceptors (Lipinski definition) is 5. The highest BCUT2D eigenvalue weighted by atomic mass is 32.2. The fourth-order valence-electron chi connectivity index (χ4n) is 4.63. The van der Waals surface area contributed by atoms with Gasteiger partial charge in [-0.15, -0.1) is 0 Å². The Morgan fingerprint density at radius 3 is 2.43 bits per heavy atom. The van der Waals surface area contributed by atoms with Crippen LogP contribution < -0.4 is 10.5 Å². The van der Waals surface area contributed by atoms with Crippen molar-refractivity contribution in [3.63, 3.8) is 0 Å². The van der Waals surface area contributed by atoms with Gasteiger partial charge in [0.05, 0.1) is 21.5 Å². The Hall–Kier alpha value is -3.60. The first-order valence-electron chi connectivity index (χ1n) is 11.1. The molecule has 1 saturated carbocycles. The maximum absolute atomic E-state index is 13.8. The number of benzene rings is 2. The van der Waals surface area contributed by atoms with E-state index in [1.807, 2.05) is 10.8 Å². The zero-order valence-corrected chi connectivity index (χ0v) is 19.3. The van der Waals surface area contributed by atoms with Gasteiger partial charge in [-0.1, -0.05) is 37.1 Å². The van der Waals surface area contributed by atoms with E-state index in [-0.39, 0.29) is 16.8 Å². The lowest BCUT2D eigenvalue weighted by molar-refractivity contribution is -0.136. The minimum atomic E-state index is -4.77. The molecule has 0 amide bonds. The van der Waals surface area contributed by atoms with Gasteiger partial charge < -0.3 is 10.3 Å². The summed E-state index contributed by atoms with van der Waals surface area (Å²) in [5, 5.41) is 0.524. The molecule has 2 aromatic heterocycles. The predicted octanol–water partition coefficient (Wildman–Crippen LogP) is 5.62. The first-order chi connectivity index (χ1) is 16.6. The molecule has 4 aromatic rings. The Morgan fingerprint density at radius 2 is 1.74 bits per heavy atom. The third-order valence-electron chi connectivity index (χ3n) is 6.29. The Bertz CT molecular complexity index is 1500. The lowest BCUT2D eigenvalue weighted by Crippen LogP contribution is -2.17. The molecule has 2 aromatic carbocycles. The first-order valence-corrected chi connectivity index (χ1v) is 12.5. The van der Waals surface area contributed by atoms with Crippen molar-refractivity contribution in [3.8, 4) is 11.1 Å². The quantitative estimate of drug-likeness (QED) is 0.370. The predicted molar refractivity (Wildman–Crippen MR) is 127 cm³/mol. The largest absolute Gasteiger partial charge is 0.418 e. The Labute approximate surface area is 199 Å². The van der Waals surface area contributed by atoms with E-state index in [2.05, 4.69) is 14.7 Å². The van der Waals surface area contributed by atoms with Crippen LogP contribution in [0.15, 0.2) is 66.0 Å². The molecule has 0 bridgehead atoms. The molecule has 0 spiro atoms. The number of fused-ring (bicyclic) bond motifs is 1. The number of nitrogens with one attached hydrogen (secondary N) is 1. The third kappa shape index (κ3) is 4.31. The maximum Gasteiger partial charge on any atom is 0.418 e. The molecule has 0 unspecified atom stereocenters. The van der Waals surface area contributed by atoms with Crippen molar-refractivity contribution in [2.45, 2.75) is 42.8 Å². The summed E-state index contributed by atoms with van der Waals surface area (Å²) in [6, 6.07) is 10.8. The highest BCUT2D eigenvalue weighted by molar-refractivity contribution is 7.92. The normalized spacial score (nSPS) is 15.1. The topological polar surface area (TPSA) is 103 Å². The van der Waals surface area contributed by atoms with Crippen molar-refractivity contribution in [2.24, 2.45) is 0 Å². The average molecular weight is 502 g/mol. The number of aromatic nitrogens is 3. The maximum atomic E-state index is 13.8. The number of halogens is 3. The summed E-state index contributed by atoms with van der Waals surface area (Å²) in [4.78, 5) is 8.32. The van der Waals surface area contributed by atoms with E-state index in [1.165, 1.54) is 42.7 Å². The van der Waals surface area contributed by atoms with E-state index in [9.17, 15) is 21.6 Å². The van der Waals surface area contributed by atoms with E-state index in [1.54, 1.807) is 6.07 Å². The van der Waals surface area contributed by atoms with Gasteiger partial charge in [-0.25, -0.2) is 18.4 Å². The number of nitrogen functional groups attached to an aromatic ring is 1. The van der Waals surface area contributed by atoms with Crippen LogP contribution in [0.4, 0.5) is 24.7 Å². The second-order valence-corrected chi connectivity index (χ2v) is 10.2. The molecule has 1 aliphatic rings. The summed E-state index contributed by atoms with van der Waals surface area (Å²) >= 11 is 0. The molecule has 11 heteroatoms. The number of nitrogens with two attached hydrogens (primary N) is 1. The van der Waals surface area contributed by atoms with Crippen molar-refractivity contribution in [2.75, 3.05) is 10.5 Å². The molecule has 0 aliphatic heterocycles. The van der Waals surface area contributed by atoms with Crippen LogP contribution >= 0.6 is 0 Å². The van der Waals surface area contributed by atoms with Crippen molar-refractivity contribution < 1.29 is 21.6 Å². The minimum Gasteiger partial charge on any atom is -0.383 e. The highest BCUT2D eigenvalue weighted by Crippen LogP contribution is 2.42. The molecule has 182 valence electrons. The van der Waals surface area contributed by atoms with Crippen LogP contribution in [0, 0.1) is 0 Å². The lowest BCUT2D eigenvalue weighted by Gasteiger charge is -2.16. The van der Waals surface area contributed by atoms with Gasteiger partial charge >= 0.3 is 6.18 Å². The summed E-state index contributed by atoms with van der Waals surface area (Å²) in [7, 11) is -4.26. The molecule has 5 rings (SSSR count). The number of nitrogens with zero attached hydrogens (tertiary/aromatic N) is 3. The molecule has 3 N–H and O–H groups in total. The lowest BCUT2D eigenvalue weighted by atomic mass is 10.0. The van der Waals surface area contributed by atoms with Crippen LogP contribution in [-0.2, 0) is 16.2 Å². The SMILES string of the molecule is Nc1ncnc2c1c(-c1ccc(C(F)(F)F)c(NS(=O)(=O)c3ccccc3)c1)cn2C1CCCC1. The third-order valence-corrected chi connectivity index (χ3v) is 7.67. The summed E-state index contributed by atoms with van der Waals surface area (Å²) in [5.74, 6) is 0.202. The van der Waals surface area contributed by atoms with Gasteiger partial charge in [0.2, 0.25) is 0 Å². The van der Waals surface area contributed by atoms with Gasteiger partial charge in [0.1, 0.15) is 17.8 Å². The van der Waals surface area contributed by atoms with Crippen LogP contribution in [0.1, 0.15) is 37.3 Å². The van der Waals surface area contributed by atoms with Gasteiger partial charge in [-0.05, 0) is 42.7 Å². The van der Waals surface area contributed by atoms with Crippen LogP contribution in [0.5, 0.6) is 0 Å². The van der Waals surface area contributed by atoms with Gasteiger partial charge in [-0.2, -0.15) is 13.2 Å². The molecular weight excluding hydrogens is 479 g/mol. The molecule has 0 saturated heterocycles. The average Bonchev–Trinajstić information content (AvgIpc) is 3.47. The molecular formula is C24H22F3N5O2S.